The van der Waals surface area contributed by atoms with E-state index >= 15 is 0 Å². The van der Waals surface area contributed by atoms with Crippen LogP contribution in [0.25, 0.3) is 0 Å². The van der Waals surface area contributed by atoms with Crippen LogP contribution in [0, 0.1) is 5.92 Å². The van der Waals surface area contributed by atoms with E-state index in [0.717, 1.165) is 36.6 Å². The zero-order valence-corrected chi connectivity index (χ0v) is 15.4. The van der Waals surface area contributed by atoms with Crippen molar-refractivity contribution in [3.63, 3.8) is 0 Å². The van der Waals surface area contributed by atoms with Crippen LogP contribution in [-0.2, 0) is 11.8 Å². The van der Waals surface area contributed by atoms with Gasteiger partial charge in [-0.15, -0.1) is 0 Å². The third-order valence-electron chi connectivity index (χ3n) is 6.90. The van der Waals surface area contributed by atoms with Crippen molar-refractivity contribution in [3.8, 4) is 17.2 Å². The zero-order valence-electron chi connectivity index (χ0n) is 15.4. The molecule has 138 valence electrons. The Hall–Kier alpha value is -2.46. The molecule has 2 aliphatic carbocycles. The molecule has 2 aliphatic heterocycles. The number of ether oxygens (including phenoxy) is 3. The van der Waals surface area contributed by atoms with Crippen molar-refractivity contribution in [2.24, 2.45) is 5.92 Å². The molecule has 5 atom stereocenters. The lowest BCUT2D eigenvalue weighted by atomic mass is 9.53. The van der Waals surface area contributed by atoms with E-state index in [2.05, 4.69) is 29.6 Å². The molecule has 2 bridgehead atoms. The highest BCUT2D eigenvalue weighted by atomic mass is 16.5. The van der Waals surface area contributed by atoms with Crippen molar-refractivity contribution in [2.75, 3.05) is 13.7 Å². The molecule has 4 nitrogen and oxygen atoms in total. The first-order valence-electron chi connectivity index (χ1n) is 9.81. The molecule has 0 amide bonds. The van der Waals surface area contributed by atoms with Gasteiger partial charge in [-0.25, -0.2) is 0 Å². The van der Waals surface area contributed by atoms with E-state index in [0.29, 0.717) is 12.0 Å². The smallest absolute Gasteiger partial charge is 0.166 e. The Labute approximate surface area is 159 Å². The third kappa shape index (κ3) is 1.97. The van der Waals surface area contributed by atoms with Crippen LogP contribution < -0.4 is 19.5 Å². The molecule has 2 heterocycles. The first-order valence-corrected chi connectivity index (χ1v) is 9.81. The number of nitrogens with one attached hydrogen (secondary N) is 1. The van der Waals surface area contributed by atoms with Gasteiger partial charge < -0.3 is 19.5 Å². The summed E-state index contributed by atoms with van der Waals surface area (Å²) in [6.45, 7) is 1.02. The van der Waals surface area contributed by atoms with Gasteiger partial charge in [0.1, 0.15) is 18.0 Å². The number of hydrogen-bond acceptors (Lipinski definition) is 4. The van der Waals surface area contributed by atoms with Gasteiger partial charge in [0.15, 0.2) is 11.5 Å². The molecule has 0 saturated carbocycles. The minimum Gasteiger partial charge on any atom is -0.493 e. The molecule has 1 N–H and O–H groups in total. The maximum Gasteiger partial charge on any atom is 0.166 e. The lowest BCUT2D eigenvalue weighted by molar-refractivity contribution is -0.00297. The molecule has 0 aromatic heterocycles. The highest BCUT2D eigenvalue weighted by Crippen LogP contribution is 2.61. The Morgan fingerprint density at radius 1 is 1.11 bits per heavy atom. The molecule has 4 aliphatic rings. The van der Waals surface area contributed by atoms with Crippen molar-refractivity contribution >= 4 is 0 Å². The van der Waals surface area contributed by atoms with Gasteiger partial charge in [0.25, 0.3) is 0 Å². The second kappa shape index (κ2) is 5.52. The van der Waals surface area contributed by atoms with Crippen LogP contribution in [0.5, 0.6) is 17.2 Å². The highest BCUT2D eigenvalue weighted by molar-refractivity contribution is 5.62. The van der Waals surface area contributed by atoms with Gasteiger partial charge in [0.05, 0.1) is 7.11 Å². The summed E-state index contributed by atoms with van der Waals surface area (Å²) in [6.07, 6.45) is 6.61. The first-order chi connectivity index (χ1) is 13.3. The standard InChI is InChI=1S/C23H23NO3/c1-25-18-8-7-14-13-16-21-17(26-15-5-3-2-4-6-15)9-10-19-23(21,11-12-24-16)20(14)22(18)27-19/h2-10,16-17,19,21,24H,11-13H2,1H3/t16-,17+,19+,21-,23-/m1/s1. The fourth-order valence-corrected chi connectivity index (χ4v) is 5.95. The minimum atomic E-state index is -0.0262. The number of para-hydroxylation sites is 1. The van der Waals surface area contributed by atoms with Gasteiger partial charge in [0.2, 0.25) is 0 Å². The molecule has 1 saturated heterocycles. The molecular formula is C23H23NO3. The number of piperidine rings is 1. The van der Waals surface area contributed by atoms with E-state index in [1.807, 2.05) is 30.3 Å². The predicted molar refractivity (Wildman–Crippen MR) is 103 cm³/mol. The van der Waals surface area contributed by atoms with Crippen LogP contribution in [0.15, 0.2) is 54.6 Å². The van der Waals surface area contributed by atoms with Gasteiger partial charge in [-0.05, 0) is 55.3 Å². The molecule has 2 aromatic rings. The third-order valence-corrected chi connectivity index (χ3v) is 6.90. The van der Waals surface area contributed by atoms with E-state index in [1.165, 1.54) is 11.1 Å². The molecule has 27 heavy (non-hydrogen) atoms. The highest BCUT2D eigenvalue weighted by Gasteiger charge is 2.64. The molecule has 0 radical (unpaired) electrons. The van der Waals surface area contributed by atoms with E-state index in [9.17, 15) is 0 Å². The van der Waals surface area contributed by atoms with Gasteiger partial charge >= 0.3 is 0 Å². The van der Waals surface area contributed by atoms with E-state index in [-0.39, 0.29) is 17.6 Å². The normalized spacial score (nSPS) is 34.6. The maximum atomic E-state index is 6.50. The Morgan fingerprint density at radius 2 is 2.00 bits per heavy atom. The Kier molecular flexibility index (Phi) is 3.19. The van der Waals surface area contributed by atoms with Crippen molar-refractivity contribution in [2.45, 2.75) is 36.5 Å². The summed E-state index contributed by atoms with van der Waals surface area (Å²) < 4.78 is 18.6. The van der Waals surface area contributed by atoms with Crippen molar-refractivity contribution in [1.82, 2.24) is 5.32 Å². The monoisotopic (exact) mass is 361 g/mol. The summed E-state index contributed by atoms with van der Waals surface area (Å²) in [5.41, 5.74) is 2.75. The lowest BCUT2D eigenvalue weighted by Gasteiger charge is -2.55. The first kappa shape index (κ1) is 15.6. The van der Waals surface area contributed by atoms with Crippen LogP contribution in [0.2, 0.25) is 0 Å². The van der Waals surface area contributed by atoms with E-state index in [1.54, 1.807) is 7.11 Å². The maximum absolute atomic E-state index is 6.50. The Morgan fingerprint density at radius 3 is 2.85 bits per heavy atom. The summed E-state index contributed by atoms with van der Waals surface area (Å²) in [6, 6.07) is 14.8. The quantitative estimate of drug-likeness (QED) is 0.852. The molecular weight excluding hydrogens is 338 g/mol. The van der Waals surface area contributed by atoms with Gasteiger partial charge in [0, 0.05) is 22.9 Å². The number of rotatable bonds is 3. The molecule has 1 spiro atoms. The van der Waals surface area contributed by atoms with Crippen LogP contribution in [0.4, 0.5) is 0 Å². The topological polar surface area (TPSA) is 39.7 Å². The summed E-state index contributed by atoms with van der Waals surface area (Å²) in [7, 11) is 1.73. The largest absolute Gasteiger partial charge is 0.493 e. The second-order valence-corrected chi connectivity index (χ2v) is 8.03. The van der Waals surface area contributed by atoms with E-state index in [4.69, 9.17) is 14.2 Å². The van der Waals surface area contributed by atoms with E-state index < -0.39 is 0 Å². The fourth-order valence-electron chi connectivity index (χ4n) is 5.95. The fraction of sp³-hybridized carbons (Fsp3) is 0.391. The van der Waals surface area contributed by atoms with Crippen LogP contribution >= 0.6 is 0 Å². The zero-order chi connectivity index (χ0) is 18.0. The van der Waals surface area contributed by atoms with Crippen molar-refractivity contribution < 1.29 is 14.2 Å². The SMILES string of the molecule is COc1ccc2c3c1O[C@H]1C=C[C@H](Oc4ccccc4)[C@H]4[C@@H](C2)NCC[C@@]341. The van der Waals surface area contributed by atoms with Gasteiger partial charge in [-0.2, -0.15) is 0 Å². The molecule has 0 unspecified atom stereocenters. The summed E-state index contributed by atoms with van der Waals surface area (Å²) in [4.78, 5) is 0. The number of benzene rings is 2. The van der Waals surface area contributed by atoms with Crippen LogP contribution in [0.1, 0.15) is 17.5 Å². The average Bonchev–Trinajstić information content (AvgIpc) is 3.02. The molecule has 4 heteroatoms. The molecule has 1 fully saturated rings. The Bertz CT molecular complexity index is 925. The predicted octanol–water partition coefficient (Wildman–Crippen LogP) is 3.25. The number of methoxy groups -OCH3 is 1. The summed E-state index contributed by atoms with van der Waals surface area (Å²) in [5, 5.41) is 3.77. The second-order valence-electron chi connectivity index (χ2n) is 8.03. The molecule has 6 rings (SSSR count). The lowest BCUT2D eigenvalue weighted by Crippen LogP contribution is -2.66. The van der Waals surface area contributed by atoms with Crippen molar-refractivity contribution in [3.05, 3.63) is 65.7 Å². The minimum absolute atomic E-state index is 0.0262. The van der Waals surface area contributed by atoms with Gasteiger partial charge in [-0.1, -0.05) is 24.3 Å². The van der Waals surface area contributed by atoms with Crippen molar-refractivity contribution in [1.29, 1.82) is 0 Å². The molecule has 2 aromatic carbocycles. The van der Waals surface area contributed by atoms with Crippen LogP contribution in [0.3, 0.4) is 0 Å². The van der Waals surface area contributed by atoms with Gasteiger partial charge in [-0.3, -0.25) is 0 Å². The van der Waals surface area contributed by atoms with Crippen LogP contribution in [-0.4, -0.2) is 31.9 Å². The number of hydrogen-bond donors (Lipinski definition) is 1. The average molecular weight is 361 g/mol. The Balaban J connectivity index is 1.51. The summed E-state index contributed by atoms with van der Waals surface area (Å²) in [5.74, 6) is 3.08. The summed E-state index contributed by atoms with van der Waals surface area (Å²) >= 11 is 0.